The predicted octanol–water partition coefficient (Wildman–Crippen LogP) is 2.92. The Hall–Kier alpha value is -1.26. The summed E-state index contributed by atoms with van der Waals surface area (Å²) in [6.45, 7) is 6.72. The number of pyridine rings is 1. The maximum absolute atomic E-state index is 10.4. The smallest absolute Gasteiger partial charge is 0.318 e. The third-order valence-corrected chi connectivity index (χ3v) is 2.17. The number of carboxylic acids is 2. The Bertz CT molecular complexity index is 391. The quantitative estimate of drug-likeness (QED) is 0.652. The average Bonchev–Trinajstić information content (AvgIpc) is 2.15. The van der Waals surface area contributed by atoms with Crippen molar-refractivity contribution in [3.05, 3.63) is 36.2 Å². The van der Waals surface area contributed by atoms with Crippen LogP contribution in [-0.4, -0.2) is 27.1 Å². The number of carboxylic acid groups (broad SMARTS) is 2. The molecule has 7 heteroatoms. The van der Waals surface area contributed by atoms with Gasteiger partial charge in [-0.2, -0.15) is 0 Å². The molecule has 0 radical (unpaired) electrons. The Labute approximate surface area is 133 Å². The summed E-state index contributed by atoms with van der Waals surface area (Å²) in [5, 5.41) is 17.0. The van der Waals surface area contributed by atoms with Gasteiger partial charge in [0.05, 0.1) is 0 Å². The van der Waals surface area contributed by atoms with E-state index in [1.165, 1.54) is 0 Å². The first-order valence-electron chi connectivity index (χ1n) is 5.49. The van der Waals surface area contributed by atoms with Gasteiger partial charge in [0.2, 0.25) is 0 Å². The van der Waals surface area contributed by atoms with Crippen LogP contribution in [0.5, 0.6) is 0 Å². The van der Waals surface area contributed by atoms with Crippen LogP contribution < -0.4 is 0 Å². The molecule has 0 unspecified atom stereocenters. The molecule has 0 spiro atoms. The number of hydrogen-bond acceptors (Lipinski definition) is 3. The van der Waals surface area contributed by atoms with Gasteiger partial charge >= 0.3 is 11.9 Å². The number of hydrogen-bond donors (Lipinski definition) is 2. The van der Waals surface area contributed by atoms with E-state index in [1.807, 2.05) is 25.1 Å². The summed E-state index contributed by atoms with van der Waals surface area (Å²) in [5.41, 5.74) is 0.333. The Morgan fingerprint density at radius 1 is 1.15 bits per heavy atom. The van der Waals surface area contributed by atoms with Gasteiger partial charge in [0.15, 0.2) is 5.92 Å². The number of aromatic nitrogens is 1. The molecule has 20 heavy (non-hydrogen) atoms. The van der Waals surface area contributed by atoms with Crippen molar-refractivity contribution in [1.82, 2.24) is 4.98 Å². The van der Waals surface area contributed by atoms with Gasteiger partial charge in [-0.15, -0.1) is 0 Å². The van der Waals surface area contributed by atoms with E-state index in [0.717, 1.165) is 5.69 Å². The topological polar surface area (TPSA) is 121 Å². The van der Waals surface area contributed by atoms with Crippen molar-refractivity contribution < 1.29 is 40.9 Å². The van der Waals surface area contributed by atoms with Crippen LogP contribution in [0.15, 0.2) is 24.4 Å². The van der Waals surface area contributed by atoms with E-state index in [0.29, 0.717) is 0 Å². The Morgan fingerprint density at radius 2 is 1.60 bits per heavy atom. The second-order valence-corrected chi connectivity index (χ2v) is 4.95. The van der Waals surface area contributed by atoms with E-state index >= 15 is 0 Å². The van der Waals surface area contributed by atoms with E-state index in [2.05, 4.69) is 4.98 Å². The van der Waals surface area contributed by atoms with Crippen LogP contribution in [0.2, 0.25) is 0 Å². The second kappa shape index (κ2) is 10.5. The van der Waals surface area contributed by atoms with Gasteiger partial charge in [-0.05, 0) is 24.5 Å². The number of rotatable bonds is 2. The van der Waals surface area contributed by atoms with Crippen LogP contribution >= 0.6 is 0 Å². The average molecular weight is 464 g/mol. The molecule has 1 rings (SSSR count). The molecular weight excluding hydrogens is 443 g/mol. The molecule has 6 nitrogen and oxygen atoms in total. The number of aliphatic carboxylic acids is 2. The second-order valence-electron chi connectivity index (χ2n) is 4.95. The Morgan fingerprint density at radius 3 is 1.70 bits per heavy atom. The third kappa shape index (κ3) is 9.64. The van der Waals surface area contributed by atoms with Gasteiger partial charge < -0.3 is 16.4 Å². The van der Waals surface area contributed by atoms with Gasteiger partial charge in [-0.3, -0.25) is 14.6 Å². The van der Waals surface area contributed by atoms with E-state index in [-0.39, 0.29) is 27.2 Å². The van der Waals surface area contributed by atoms with Crippen molar-refractivity contribution in [3.63, 3.8) is 0 Å². The predicted molar refractivity (Wildman–Crippen MR) is 72.5 cm³/mol. The molecule has 0 aliphatic carbocycles. The van der Waals surface area contributed by atoms with Crippen molar-refractivity contribution in [2.24, 2.45) is 11.3 Å². The number of carbonyl (C=O) groups is 2. The zero-order valence-electron chi connectivity index (χ0n) is 11.9. The van der Waals surface area contributed by atoms with Gasteiger partial charge in [-0.1, -0.05) is 26.8 Å². The first-order chi connectivity index (χ1) is 8.16. The summed E-state index contributed by atoms with van der Waals surface area (Å²) in [6.07, 6.45) is 1.79. The van der Waals surface area contributed by atoms with Crippen LogP contribution in [0.25, 0.3) is 6.15 Å². The van der Waals surface area contributed by atoms with E-state index in [9.17, 15) is 9.59 Å². The molecule has 0 aliphatic heterocycles. The third-order valence-electron chi connectivity index (χ3n) is 2.17. The van der Waals surface area contributed by atoms with Crippen molar-refractivity contribution in [2.75, 3.05) is 0 Å². The summed E-state index contributed by atoms with van der Waals surface area (Å²) in [6, 6.07) is 5.86. The summed E-state index contributed by atoms with van der Waals surface area (Å²) < 4.78 is 0. The standard InChI is InChI=1S/C7H12O4.C6H7N.H2N.Pt/c1-7(2,3)4(5(8)9)6(10)11;1-6-4-2-3-5-7-6;;/h4H,1-3H3,(H,8,9)(H,10,11);2-5H,1H3;1H2;/q;;-1;. The van der Waals surface area contributed by atoms with Crippen molar-refractivity contribution >= 4 is 11.9 Å². The zero-order valence-corrected chi connectivity index (χ0v) is 14.2. The Kier molecular flexibility index (Phi) is 12.5. The van der Waals surface area contributed by atoms with Gasteiger partial charge in [0.25, 0.3) is 0 Å². The number of nitrogens with zero attached hydrogens (tertiary/aromatic N) is 1. The largest absolute Gasteiger partial charge is 0.693 e. The molecular formula is C13H21N2O4Pt-. The maximum Gasteiger partial charge on any atom is 0.318 e. The fourth-order valence-corrected chi connectivity index (χ4v) is 1.29. The molecule has 0 saturated heterocycles. The number of nitrogens with two attached hydrogens (primary N) is 1. The normalized spacial score (nSPS) is 9.45. The zero-order chi connectivity index (χ0) is 14.3. The first kappa shape index (κ1) is 23.8. The molecule has 0 amide bonds. The van der Waals surface area contributed by atoms with E-state index < -0.39 is 23.3 Å². The van der Waals surface area contributed by atoms with Crippen LogP contribution in [0.4, 0.5) is 0 Å². The molecule has 4 N–H and O–H groups in total. The molecule has 0 saturated carbocycles. The molecule has 1 aromatic rings. The minimum atomic E-state index is -1.33. The minimum Gasteiger partial charge on any atom is -0.693 e. The molecule has 0 aliphatic rings. The Balaban J connectivity index is -0.000000280. The molecule has 118 valence electrons. The maximum atomic E-state index is 10.4. The van der Waals surface area contributed by atoms with Crippen LogP contribution in [0.1, 0.15) is 26.5 Å². The van der Waals surface area contributed by atoms with Crippen molar-refractivity contribution in [3.8, 4) is 0 Å². The minimum absolute atomic E-state index is 0. The monoisotopic (exact) mass is 464 g/mol. The van der Waals surface area contributed by atoms with E-state index in [4.69, 9.17) is 10.2 Å². The fourth-order valence-electron chi connectivity index (χ4n) is 1.29. The summed E-state index contributed by atoms with van der Waals surface area (Å²) in [4.78, 5) is 24.8. The molecule has 1 heterocycles. The van der Waals surface area contributed by atoms with Crippen LogP contribution in [0, 0.1) is 18.3 Å². The van der Waals surface area contributed by atoms with Crippen molar-refractivity contribution in [1.29, 1.82) is 0 Å². The SMILES string of the molecule is CC(C)(C)C(C(=O)O)C(=O)O.Cc1ccccn1.[NH2-].[Pt]. The fraction of sp³-hybridized carbons (Fsp3) is 0.462. The molecule has 0 atom stereocenters. The van der Waals surface area contributed by atoms with Gasteiger partial charge in [0, 0.05) is 33.0 Å². The summed E-state index contributed by atoms with van der Waals surface area (Å²) in [5.74, 6) is -3.91. The van der Waals surface area contributed by atoms with Gasteiger partial charge in [0.1, 0.15) is 0 Å². The molecule has 0 aromatic carbocycles. The van der Waals surface area contributed by atoms with Crippen LogP contribution in [0.3, 0.4) is 0 Å². The van der Waals surface area contributed by atoms with E-state index in [1.54, 1.807) is 27.0 Å². The van der Waals surface area contributed by atoms with Crippen molar-refractivity contribution in [2.45, 2.75) is 27.7 Å². The first-order valence-corrected chi connectivity index (χ1v) is 5.49. The molecule has 1 aromatic heterocycles. The molecule has 0 bridgehead atoms. The molecule has 0 fully saturated rings. The summed E-state index contributed by atoms with van der Waals surface area (Å²) >= 11 is 0. The van der Waals surface area contributed by atoms with Gasteiger partial charge in [-0.25, -0.2) is 0 Å². The van der Waals surface area contributed by atoms with Crippen LogP contribution in [-0.2, 0) is 30.7 Å². The summed E-state index contributed by atoms with van der Waals surface area (Å²) in [7, 11) is 0. The number of aryl methyl sites for hydroxylation is 1.